The van der Waals surface area contributed by atoms with Crippen LogP contribution in [0.15, 0.2) is 36.4 Å². The Morgan fingerprint density at radius 3 is 2.41 bits per heavy atom. The average molecular weight is 396 g/mol. The molecule has 0 fully saturated rings. The standard InChI is InChI=1S/C17H13ClF3N5O/c1-9-7-15(24-16(22-9)23-10(2)27)26-14(17(19,20)21)8-13(25-26)11-3-5-12(18)6-4-11/h3-8H,1-2H3,(H,22,23,24,27). The second-order valence-electron chi connectivity index (χ2n) is 5.70. The predicted octanol–water partition coefficient (Wildman–Crippen LogP) is 4.27. The van der Waals surface area contributed by atoms with Crippen molar-refractivity contribution in [1.29, 1.82) is 0 Å². The molecule has 0 bridgehead atoms. The van der Waals surface area contributed by atoms with Crippen molar-refractivity contribution in [3.63, 3.8) is 0 Å². The van der Waals surface area contributed by atoms with E-state index in [4.69, 9.17) is 11.6 Å². The summed E-state index contributed by atoms with van der Waals surface area (Å²) in [6, 6.07) is 8.55. The number of aromatic nitrogens is 4. The van der Waals surface area contributed by atoms with Gasteiger partial charge in [-0.15, -0.1) is 0 Å². The number of carbonyl (C=O) groups is 1. The molecular weight excluding hydrogens is 383 g/mol. The van der Waals surface area contributed by atoms with Crippen molar-refractivity contribution in [3.05, 3.63) is 52.8 Å². The van der Waals surface area contributed by atoms with Gasteiger partial charge >= 0.3 is 6.18 Å². The molecule has 0 spiro atoms. The first-order valence-corrected chi connectivity index (χ1v) is 8.08. The van der Waals surface area contributed by atoms with Gasteiger partial charge in [-0.2, -0.15) is 23.3 Å². The van der Waals surface area contributed by atoms with Crippen LogP contribution in [-0.2, 0) is 11.0 Å². The molecular formula is C17H13ClF3N5O. The number of carbonyl (C=O) groups excluding carboxylic acids is 1. The number of hydrogen-bond acceptors (Lipinski definition) is 4. The lowest BCUT2D eigenvalue weighted by molar-refractivity contribution is -0.142. The zero-order chi connectivity index (χ0) is 19.8. The summed E-state index contributed by atoms with van der Waals surface area (Å²) in [6.07, 6.45) is -4.66. The number of rotatable bonds is 3. The van der Waals surface area contributed by atoms with Gasteiger partial charge in [0.05, 0.1) is 5.69 Å². The van der Waals surface area contributed by atoms with Gasteiger partial charge in [0, 0.05) is 29.3 Å². The largest absolute Gasteiger partial charge is 0.433 e. The molecule has 3 aromatic rings. The number of nitrogens with zero attached hydrogens (tertiary/aromatic N) is 4. The van der Waals surface area contributed by atoms with E-state index in [-0.39, 0.29) is 17.5 Å². The van der Waals surface area contributed by atoms with Crippen molar-refractivity contribution >= 4 is 23.5 Å². The fraction of sp³-hybridized carbons (Fsp3) is 0.176. The Morgan fingerprint density at radius 1 is 1.15 bits per heavy atom. The van der Waals surface area contributed by atoms with E-state index < -0.39 is 17.8 Å². The van der Waals surface area contributed by atoms with Crippen LogP contribution in [0.4, 0.5) is 19.1 Å². The maximum absolute atomic E-state index is 13.5. The van der Waals surface area contributed by atoms with Gasteiger partial charge in [0.15, 0.2) is 11.5 Å². The molecule has 0 saturated carbocycles. The summed E-state index contributed by atoms with van der Waals surface area (Å²) < 4.78 is 41.3. The summed E-state index contributed by atoms with van der Waals surface area (Å²) in [5, 5.41) is 6.88. The van der Waals surface area contributed by atoms with Crippen LogP contribution >= 0.6 is 11.6 Å². The van der Waals surface area contributed by atoms with Crippen molar-refractivity contribution in [2.24, 2.45) is 0 Å². The van der Waals surface area contributed by atoms with E-state index in [2.05, 4.69) is 20.4 Å². The van der Waals surface area contributed by atoms with Crippen LogP contribution < -0.4 is 5.32 Å². The number of hydrogen-bond donors (Lipinski definition) is 1. The van der Waals surface area contributed by atoms with Gasteiger partial charge in [0.2, 0.25) is 11.9 Å². The summed E-state index contributed by atoms with van der Waals surface area (Å²) in [6.45, 7) is 2.83. The lowest BCUT2D eigenvalue weighted by Crippen LogP contribution is -2.16. The van der Waals surface area contributed by atoms with Crippen LogP contribution in [0.2, 0.25) is 5.02 Å². The molecule has 0 aliphatic rings. The highest BCUT2D eigenvalue weighted by atomic mass is 35.5. The van der Waals surface area contributed by atoms with Gasteiger partial charge in [-0.3, -0.25) is 10.1 Å². The number of benzene rings is 1. The first-order chi connectivity index (χ1) is 12.6. The van der Waals surface area contributed by atoms with Gasteiger partial charge in [-0.05, 0) is 25.1 Å². The summed E-state index contributed by atoms with van der Waals surface area (Å²) >= 11 is 5.82. The third-order valence-electron chi connectivity index (χ3n) is 3.49. The van der Waals surface area contributed by atoms with Crippen LogP contribution in [0.25, 0.3) is 17.1 Å². The van der Waals surface area contributed by atoms with E-state index in [1.165, 1.54) is 13.0 Å². The van der Waals surface area contributed by atoms with Gasteiger partial charge in [-0.25, -0.2) is 9.67 Å². The first kappa shape index (κ1) is 18.8. The predicted molar refractivity (Wildman–Crippen MR) is 93.6 cm³/mol. The molecule has 0 aliphatic heterocycles. The second-order valence-corrected chi connectivity index (χ2v) is 6.14. The molecule has 0 saturated heterocycles. The lowest BCUT2D eigenvalue weighted by Gasteiger charge is -2.11. The van der Waals surface area contributed by atoms with Crippen molar-refractivity contribution in [1.82, 2.24) is 19.7 Å². The molecule has 0 atom stereocenters. The highest BCUT2D eigenvalue weighted by Gasteiger charge is 2.37. The third kappa shape index (κ3) is 4.25. The number of amides is 1. The number of anilines is 1. The van der Waals surface area contributed by atoms with Crippen LogP contribution in [0.5, 0.6) is 0 Å². The fourth-order valence-corrected chi connectivity index (χ4v) is 2.52. The number of nitrogens with one attached hydrogen (secondary N) is 1. The van der Waals surface area contributed by atoms with Gasteiger partial charge in [-0.1, -0.05) is 23.7 Å². The Hall–Kier alpha value is -2.94. The SMILES string of the molecule is CC(=O)Nc1nc(C)cc(-n2nc(-c3ccc(Cl)cc3)cc2C(F)(F)F)n1. The molecule has 6 nitrogen and oxygen atoms in total. The Morgan fingerprint density at radius 2 is 1.81 bits per heavy atom. The van der Waals surface area contributed by atoms with Crippen LogP contribution in [0.1, 0.15) is 18.3 Å². The molecule has 1 N–H and O–H groups in total. The fourth-order valence-electron chi connectivity index (χ4n) is 2.39. The van der Waals surface area contributed by atoms with Crippen molar-refractivity contribution in [2.45, 2.75) is 20.0 Å². The Bertz CT molecular complexity index is 999. The summed E-state index contributed by atoms with van der Waals surface area (Å²) in [4.78, 5) is 19.2. The summed E-state index contributed by atoms with van der Waals surface area (Å²) in [7, 11) is 0. The van der Waals surface area contributed by atoms with Gasteiger partial charge in [0.25, 0.3) is 0 Å². The summed E-state index contributed by atoms with van der Waals surface area (Å²) in [5.74, 6) is -0.655. The molecule has 2 heterocycles. The van der Waals surface area contributed by atoms with E-state index in [1.807, 2.05) is 0 Å². The topological polar surface area (TPSA) is 72.7 Å². The molecule has 3 rings (SSSR count). The van der Waals surface area contributed by atoms with E-state index in [9.17, 15) is 18.0 Å². The maximum Gasteiger partial charge on any atom is 0.433 e. The van der Waals surface area contributed by atoms with E-state index in [0.717, 1.165) is 6.07 Å². The zero-order valence-electron chi connectivity index (χ0n) is 14.2. The quantitative estimate of drug-likeness (QED) is 0.718. The number of aryl methyl sites for hydroxylation is 1. The molecule has 27 heavy (non-hydrogen) atoms. The minimum atomic E-state index is -4.66. The smallest absolute Gasteiger partial charge is 0.295 e. The first-order valence-electron chi connectivity index (χ1n) is 7.70. The molecule has 10 heteroatoms. The minimum Gasteiger partial charge on any atom is -0.295 e. The molecule has 0 radical (unpaired) electrons. The Kier molecular flexibility index (Phi) is 4.88. The average Bonchev–Trinajstić information content (AvgIpc) is 3.00. The zero-order valence-corrected chi connectivity index (χ0v) is 14.9. The molecule has 0 aliphatic carbocycles. The Balaban J connectivity index is 2.16. The highest BCUT2D eigenvalue weighted by molar-refractivity contribution is 6.30. The Labute approximate surface area is 157 Å². The second kappa shape index (κ2) is 6.99. The summed E-state index contributed by atoms with van der Waals surface area (Å²) in [5.41, 5.74) is -0.0485. The number of alkyl halides is 3. The third-order valence-corrected chi connectivity index (χ3v) is 3.74. The monoisotopic (exact) mass is 395 g/mol. The minimum absolute atomic E-state index is 0.103. The van der Waals surface area contributed by atoms with Crippen molar-refractivity contribution < 1.29 is 18.0 Å². The van der Waals surface area contributed by atoms with Crippen molar-refractivity contribution in [2.75, 3.05) is 5.32 Å². The molecule has 0 unspecified atom stereocenters. The van der Waals surface area contributed by atoms with Crippen LogP contribution in [0.3, 0.4) is 0 Å². The van der Waals surface area contributed by atoms with Gasteiger partial charge in [0.1, 0.15) is 0 Å². The molecule has 2 aromatic heterocycles. The molecule has 1 aromatic carbocycles. The van der Waals surface area contributed by atoms with Gasteiger partial charge < -0.3 is 0 Å². The normalized spacial score (nSPS) is 11.5. The van der Waals surface area contributed by atoms with E-state index in [1.54, 1.807) is 31.2 Å². The highest BCUT2D eigenvalue weighted by Crippen LogP contribution is 2.34. The van der Waals surface area contributed by atoms with Crippen LogP contribution in [0, 0.1) is 6.92 Å². The van der Waals surface area contributed by atoms with E-state index in [0.29, 0.717) is 21.0 Å². The van der Waals surface area contributed by atoms with E-state index >= 15 is 0 Å². The van der Waals surface area contributed by atoms with Crippen LogP contribution in [-0.4, -0.2) is 25.7 Å². The number of halogens is 4. The van der Waals surface area contributed by atoms with Crippen molar-refractivity contribution in [3.8, 4) is 17.1 Å². The molecule has 1 amide bonds. The molecule has 140 valence electrons. The lowest BCUT2D eigenvalue weighted by atomic mass is 10.1. The maximum atomic E-state index is 13.5.